The SMILES string of the molecule is CCOC(=O)C1=C(C)N=c2s/c(=C/C34c5ccccc5C(c5ccccc53)[C@@H]3C(=O)N(c5ccc([N+](=O)[O-])cc5)C(=O)[C@@H]34)c(=O)n2[C@H]1c1cccc2ccccc12. The van der Waals surface area contributed by atoms with E-state index in [0.717, 1.165) is 43.5 Å². The highest BCUT2D eigenvalue weighted by atomic mass is 32.1. The average Bonchev–Trinajstić information content (AvgIpc) is 3.68. The Labute approximate surface area is 328 Å². The van der Waals surface area contributed by atoms with Gasteiger partial charge in [0.05, 0.1) is 56.3 Å². The van der Waals surface area contributed by atoms with Crippen LogP contribution in [0.15, 0.2) is 136 Å². The maximum absolute atomic E-state index is 15.2. The summed E-state index contributed by atoms with van der Waals surface area (Å²) in [5.41, 5.74) is 3.26. The van der Waals surface area contributed by atoms with E-state index in [1.807, 2.05) is 97.1 Å². The number of nitro benzene ring substituents is 1. The molecule has 1 saturated heterocycles. The Bertz CT molecular complexity index is 2950. The molecule has 280 valence electrons. The largest absolute Gasteiger partial charge is 0.463 e. The molecule has 3 aliphatic carbocycles. The number of amides is 2. The molecule has 3 heterocycles. The third kappa shape index (κ3) is 4.73. The van der Waals surface area contributed by atoms with E-state index in [9.17, 15) is 19.7 Å². The Kier molecular flexibility index (Phi) is 7.68. The summed E-state index contributed by atoms with van der Waals surface area (Å²) in [5, 5.41) is 13.3. The molecule has 0 spiro atoms. The zero-order valence-corrected chi connectivity index (χ0v) is 31.4. The number of hydrogen-bond donors (Lipinski definition) is 0. The van der Waals surface area contributed by atoms with Crippen LogP contribution in [0.5, 0.6) is 0 Å². The van der Waals surface area contributed by atoms with Crippen molar-refractivity contribution in [3.05, 3.63) is 184 Å². The summed E-state index contributed by atoms with van der Waals surface area (Å²) in [7, 11) is 0. The fourth-order valence-corrected chi connectivity index (χ4v) is 10.9. The minimum absolute atomic E-state index is 0.136. The van der Waals surface area contributed by atoms with Gasteiger partial charge in [-0.2, -0.15) is 0 Å². The van der Waals surface area contributed by atoms with Gasteiger partial charge in [-0.3, -0.25) is 29.1 Å². The molecule has 3 atom stereocenters. The Morgan fingerprint density at radius 3 is 2.18 bits per heavy atom. The van der Waals surface area contributed by atoms with Gasteiger partial charge in [0.2, 0.25) is 11.8 Å². The molecule has 0 radical (unpaired) electrons. The van der Waals surface area contributed by atoms with Gasteiger partial charge in [-0.1, -0.05) is 102 Å². The summed E-state index contributed by atoms with van der Waals surface area (Å²) < 4.78 is 7.42. The van der Waals surface area contributed by atoms with E-state index in [2.05, 4.69) is 0 Å². The number of imide groups is 1. The number of carbonyl (C=O) groups is 3. The maximum Gasteiger partial charge on any atom is 0.338 e. The van der Waals surface area contributed by atoms with Gasteiger partial charge in [-0.25, -0.2) is 14.7 Å². The summed E-state index contributed by atoms with van der Waals surface area (Å²) >= 11 is 1.18. The lowest BCUT2D eigenvalue weighted by atomic mass is 9.47. The monoisotopic (exact) mass is 772 g/mol. The van der Waals surface area contributed by atoms with Crippen molar-refractivity contribution in [1.82, 2.24) is 4.57 Å². The van der Waals surface area contributed by atoms with Crippen LogP contribution < -0.4 is 19.8 Å². The number of esters is 1. The number of non-ortho nitro benzene ring substituents is 1. The van der Waals surface area contributed by atoms with Crippen LogP contribution in [0.1, 0.15) is 53.6 Å². The average molecular weight is 773 g/mol. The minimum atomic E-state index is -1.27. The molecule has 57 heavy (non-hydrogen) atoms. The van der Waals surface area contributed by atoms with Crippen molar-refractivity contribution in [2.45, 2.75) is 31.2 Å². The van der Waals surface area contributed by atoms with E-state index in [1.54, 1.807) is 18.4 Å². The molecular formula is C45H32N4O7S. The molecule has 11 rings (SSSR count). The molecule has 11 nitrogen and oxygen atoms in total. The molecule has 1 fully saturated rings. The number of ether oxygens (including phenoxy) is 1. The lowest BCUT2D eigenvalue weighted by Crippen LogP contribution is -2.53. The third-order valence-corrected chi connectivity index (χ3v) is 13.0. The van der Waals surface area contributed by atoms with Crippen LogP contribution in [0.4, 0.5) is 11.4 Å². The topological polar surface area (TPSA) is 141 Å². The predicted octanol–water partition coefficient (Wildman–Crippen LogP) is 6.06. The van der Waals surface area contributed by atoms with Crippen LogP contribution in [0.25, 0.3) is 16.8 Å². The number of rotatable bonds is 6. The fraction of sp³-hybridized carbons (Fsp3) is 0.178. The smallest absolute Gasteiger partial charge is 0.338 e. The number of nitro groups is 1. The number of allylic oxidation sites excluding steroid dienone is 1. The van der Waals surface area contributed by atoms with Crippen molar-refractivity contribution >= 4 is 57.3 Å². The van der Waals surface area contributed by atoms with E-state index >= 15 is 9.59 Å². The molecule has 12 heteroatoms. The van der Waals surface area contributed by atoms with E-state index in [1.165, 1.54) is 35.6 Å². The minimum Gasteiger partial charge on any atom is -0.463 e. The molecule has 6 aromatic rings. The lowest BCUT2D eigenvalue weighted by molar-refractivity contribution is -0.384. The lowest BCUT2D eigenvalue weighted by Gasteiger charge is -2.53. The van der Waals surface area contributed by atoms with Crippen LogP contribution in [0.3, 0.4) is 0 Å². The van der Waals surface area contributed by atoms with Crippen LogP contribution >= 0.6 is 11.3 Å². The molecule has 0 saturated carbocycles. The fourth-order valence-electron chi connectivity index (χ4n) is 9.84. The Morgan fingerprint density at radius 2 is 1.49 bits per heavy atom. The number of fused-ring (bicyclic) bond motifs is 2. The molecule has 2 aliphatic heterocycles. The van der Waals surface area contributed by atoms with Gasteiger partial charge >= 0.3 is 5.97 Å². The van der Waals surface area contributed by atoms with Gasteiger partial charge in [-0.05, 0) is 70.6 Å². The Hall–Kier alpha value is -6.79. The molecule has 2 amide bonds. The maximum atomic E-state index is 15.2. The summed E-state index contributed by atoms with van der Waals surface area (Å²) in [6.45, 7) is 3.61. The van der Waals surface area contributed by atoms with Crippen LogP contribution in [-0.2, 0) is 24.5 Å². The van der Waals surface area contributed by atoms with Gasteiger partial charge in [0, 0.05) is 18.1 Å². The number of anilines is 1. The number of nitrogens with zero attached hydrogens (tertiary/aromatic N) is 4. The second-order valence-corrected chi connectivity index (χ2v) is 15.7. The van der Waals surface area contributed by atoms with Crippen molar-refractivity contribution in [3.63, 3.8) is 0 Å². The molecule has 5 aliphatic rings. The number of carbonyl (C=O) groups excluding carboxylic acids is 3. The van der Waals surface area contributed by atoms with Gasteiger partial charge in [0.15, 0.2) is 4.80 Å². The highest BCUT2D eigenvalue weighted by Gasteiger charge is 2.67. The van der Waals surface area contributed by atoms with Gasteiger partial charge < -0.3 is 4.74 Å². The summed E-state index contributed by atoms with van der Waals surface area (Å²) in [6, 6.07) is 33.7. The number of thiazole rings is 1. The summed E-state index contributed by atoms with van der Waals surface area (Å²) in [5.74, 6) is -3.64. The highest BCUT2D eigenvalue weighted by molar-refractivity contribution is 7.07. The van der Waals surface area contributed by atoms with E-state index in [-0.39, 0.29) is 23.6 Å². The number of aromatic nitrogens is 1. The Morgan fingerprint density at radius 1 is 0.860 bits per heavy atom. The van der Waals surface area contributed by atoms with Crippen molar-refractivity contribution in [2.75, 3.05) is 11.5 Å². The first-order chi connectivity index (χ1) is 27.6. The molecule has 0 N–H and O–H groups in total. The van der Waals surface area contributed by atoms with Crippen molar-refractivity contribution < 1.29 is 24.0 Å². The zero-order valence-electron chi connectivity index (χ0n) is 30.6. The highest BCUT2D eigenvalue weighted by Crippen LogP contribution is 2.65. The van der Waals surface area contributed by atoms with E-state index < -0.39 is 57.5 Å². The third-order valence-electron chi connectivity index (χ3n) is 12.0. The molecular weight excluding hydrogens is 741 g/mol. The Balaban J connectivity index is 1.25. The molecule has 2 bridgehead atoms. The quantitative estimate of drug-likeness (QED) is 0.0868. The van der Waals surface area contributed by atoms with Crippen molar-refractivity contribution in [3.8, 4) is 0 Å². The normalized spacial score (nSPS) is 23.2. The van der Waals surface area contributed by atoms with Crippen molar-refractivity contribution in [1.29, 1.82) is 0 Å². The molecule has 5 aromatic carbocycles. The van der Waals surface area contributed by atoms with Gasteiger partial charge in [-0.15, -0.1) is 0 Å². The second-order valence-electron chi connectivity index (χ2n) is 14.7. The van der Waals surface area contributed by atoms with E-state index in [4.69, 9.17) is 9.73 Å². The van der Waals surface area contributed by atoms with Gasteiger partial charge in [0.1, 0.15) is 0 Å². The zero-order chi connectivity index (χ0) is 39.3. The number of benzene rings is 5. The first kappa shape index (κ1) is 34.7. The first-order valence-corrected chi connectivity index (χ1v) is 19.5. The van der Waals surface area contributed by atoms with Crippen LogP contribution in [0, 0.1) is 22.0 Å². The number of hydrogen-bond acceptors (Lipinski definition) is 9. The van der Waals surface area contributed by atoms with Gasteiger partial charge in [0.25, 0.3) is 11.2 Å². The van der Waals surface area contributed by atoms with E-state index in [0.29, 0.717) is 15.0 Å². The molecule has 0 unspecified atom stereocenters. The summed E-state index contributed by atoms with van der Waals surface area (Å²) in [4.78, 5) is 76.1. The van der Waals surface area contributed by atoms with Crippen LogP contribution in [-0.4, -0.2) is 33.9 Å². The van der Waals surface area contributed by atoms with Crippen LogP contribution in [0.2, 0.25) is 0 Å². The molecule has 1 aromatic heterocycles. The standard InChI is InChI=1S/C45H32N4O7S/c1-3-56-43(53)35-24(2)46-44-48(39(35)29-16-10-12-25-11-4-5-13-28(25)29)40(50)34(57-44)23-45-32-17-8-6-14-30(32)36(31-15-7-9-18-33(31)45)37-38(45)42(52)47(41(37)51)26-19-21-27(22-20-26)49(54)55/h4-23,36-39H,3H2,1-2H3/b34-23+/t36?,37-,38+,39-,45?/m0/s1. The second kappa shape index (κ2) is 12.6. The van der Waals surface area contributed by atoms with Crippen molar-refractivity contribution in [2.24, 2.45) is 16.8 Å². The predicted molar refractivity (Wildman–Crippen MR) is 213 cm³/mol. The first-order valence-electron chi connectivity index (χ1n) is 18.6. The summed E-state index contributed by atoms with van der Waals surface area (Å²) in [6.07, 6.45) is 1.86.